The molecule has 2 aromatic rings. The Bertz CT molecular complexity index is 610. The number of phenols is 1. The number of hydrogen-bond donors (Lipinski definition) is 2. The Kier molecular flexibility index (Phi) is 4.40. The first-order valence-corrected chi connectivity index (χ1v) is 6.75. The van der Waals surface area contributed by atoms with Gasteiger partial charge in [-0.25, -0.2) is 4.39 Å². The van der Waals surface area contributed by atoms with Gasteiger partial charge in [0.15, 0.2) is 11.6 Å². The zero-order valence-corrected chi connectivity index (χ0v) is 12.1. The van der Waals surface area contributed by atoms with Crippen molar-refractivity contribution in [2.75, 3.05) is 0 Å². The van der Waals surface area contributed by atoms with Gasteiger partial charge in [-0.15, -0.1) is 0 Å². The molecule has 0 fully saturated rings. The summed E-state index contributed by atoms with van der Waals surface area (Å²) in [5.41, 5.74) is 4.56. The molecule has 1 unspecified atom stereocenters. The number of hydrogen-bond acceptors (Lipinski definition) is 2. The molecule has 0 aliphatic carbocycles. The number of nitrogens with one attached hydrogen (secondary N) is 1. The molecule has 0 aliphatic heterocycles. The van der Waals surface area contributed by atoms with Crippen LogP contribution >= 0.6 is 0 Å². The Balaban J connectivity index is 2.04. The standard InChI is InChI=1S/C17H20FNO/c1-11-4-6-15(12(2)8-11)13(3)19-10-14-5-7-17(20)16(18)9-14/h4-9,13,19-20H,10H2,1-3H3. The van der Waals surface area contributed by atoms with Crippen LogP contribution in [0.4, 0.5) is 4.39 Å². The van der Waals surface area contributed by atoms with E-state index in [0.29, 0.717) is 6.54 Å². The molecule has 0 spiro atoms. The summed E-state index contributed by atoms with van der Waals surface area (Å²) in [6, 6.07) is 11.0. The number of aromatic hydroxyl groups is 1. The SMILES string of the molecule is Cc1ccc(C(C)NCc2ccc(O)c(F)c2)c(C)c1. The highest BCUT2D eigenvalue weighted by molar-refractivity contribution is 5.33. The van der Waals surface area contributed by atoms with Gasteiger partial charge in [-0.05, 0) is 49.6 Å². The average molecular weight is 273 g/mol. The van der Waals surface area contributed by atoms with Crippen LogP contribution in [-0.2, 0) is 6.54 Å². The van der Waals surface area contributed by atoms with Gasteiger partial charge >= 0.3 is 0 Å². The highest BCUT2D eigenvalue weighted by Gasteiger charge is 2.08. The molecule has 0 bridgehead atoms. The summed E-state index contributed by atoms with van der Waals surface area (Å²) in [5, 5.41) is 12.5. The van der Waals surface area contributed by atoms with Gasteiger partial charge in [-0.3, -0.25) is 0 Å². The van der Waals surface area contributed by atoms with Gasteiger partial charge in [0, 0.05) is 12.6 Å². The lowest BCUT2D eigenvalue weighted by molar-refractivity contribution is 0.431. The van der Waals surface area contributed by atoms with Crippen LogP contribution in [0.1, 0.15) is 35.2 Å². The van der Waals surface area contributed by atoms with Crippen molar-refractivity contribution in [3.8, 4) is 5.75 Å². The maximum atomic E-state index is 13.3. The molecule has 2 rings (SSSR count). The average Bonchev–Trinajstić information content (AvgIpc) is 2.40. The Hall–Kier alpha value is -1.87. The van der Waals surface area contributed by atoms with Crippen LogP contribution in [-0.4, -0.2) is 5.11 Å². The Morgan fingerprint density at radius 3 is 2.55 bits per heavy atom. The van der Waals surface area contributed by atoms with E-state index in [-0.39, 0.29) is 11.8 Å². The molecule has 2 aromatic carbocycles. The third-order valence-electron chi connectivity index (χ3n) is 3.52. The number of aryl methyl sites for hydroxylation is 2. The first kappa shape index (κ1) is 14.5. The van der Waals surface area contributed by atoms with E-state index in [1.54, 1.807) is 6.07 Å². The molecular weight excluding hydrogens is 253 g/mol. The summed E-state index contributed by atoms with van der Waals surface area (Å²) >= 11 is 0. The number of halogens is 1. The summed E-state index contributed by atoms with van der Waals surface area (Å²) in [5.74, 6) is -0.889. The van der Waals surface area contributed by atoms with Crippen LogP contribution in [0.5, 0.6) is 5.75 Å². The molecule has 0 amide bonds. The van der Waals surface area contributed by atoms with Gasteiger partial charge in [-0.1, -0.05) is 29.8 Å². The van der Waals surface area contributed by atoms with E-state index in [9.17, 15) is 4.39 Å². The quantitative estimate of drug-likeness (QED) is 0.882. The van der Waals surface area contributed by atoms with Crippen molar-refractivity contribution in [3.05, 3.63) is 64.5 Å². The van der Waals surface area contributed by atoms with E-state index in [0.717, 1.165) is 5.56 Å². The monoisotopic (exact) mass is 273 g/mol. The summed E-state index contributed by atoms with van der Waals surface area (Å²) in [7, 11) is 0. The van der Waals surface area contributed by atoms with Gasteiger partial charge in [-0.2, -0.15) is 0 Å². The first-order valence-electron chi connectivity index (χ1n) is 6.75. The largest absolute Gasteiger partial charge is 0.505 e. The fourth-order valence-electron chi connectivity index (χ4n) is 2.35. The van der Waals surface area contributed by atoms with E-state index < -0.39 is 5.82 Å². The molecule has 0 heterocycles. The van der Waals surface area contributed by atoms with E-state index in [2.05, 4.69) is 44.3 Å². The zero-order valence-electron chi connectivity index (χ0n) is 12.1. The molecular formula is C17H20FNO. The van der Waals surface area contributed by atoms with Gasteiger partial charge in [0.05, 0.1) is 0 Å². The second-order valence-electron chi connectivity index (χ2n) is 5.25. The van der Waals surface area contributed by atoms with Crippen molar-refractivity contribution in [1.29, 1.82) is 0 Å². The minimum absolute atomic E-state index is 0.187. The van der Waals surface area contributed by atoms with Crippen molar-refractivity contribution < 1.29 is 9.50 Å². The molecule has 2 nitrogen and oxygen atoms in total. The fourth-order valence-corrected chi connectivity index (χ4v) is 2.35. The second-order valence-corrected chi connectivity index (χ2v) is 5.25. The number of benzene rings is 2. The van der Waals surface area contributed by atoms with Crippen LogP contribution < -0.4 is 5.32 Å². The van der Waals surface area contributed by atoms with Crippen LogP contribution in [0.3, 0.4) is 0 Å². The molecule has 2 N–H and O–H groups in total. The minimum atomic E-state index is -0.580. The second kappa shape index (κ2) is 6.06. The third-order valence-corrected chi connectivity index (χ3v) is 3.52. The van der Waals surface area contributed by atoms with Gasteiger partial charge in [0.1, 0.15) is 0 Å². The molecule has 0 saturated carbocycles. The van der Waals surface area contributed by atoms with Crippen LogP contribution in [0.15, 0.2) is 36.4 Å². The highest BCUT2D eigenvalue weighted by Crippen LogP contribution is 2.20. The minimum Gasteiger partial charge on any atom is -0.505 e. The smallest absolute Gasteiger partial charge is 0.165 e. The maximum absolute atomic E-state index is 13.3. The Morgan fingerprint density at radius 1 is 1.15 bits per heavy atom. The topological polar surface area (TPSA) is 32.3 Å². The third kappa shape index (κ3) is 3.36. The van der Waals surface area contributed by atoms with Crippen molar-refractivity contribution >= 4 is 0 Å². The van der Waals surface area contributed by atoms with Crippen molar-refractivity contribution in [1.82, 2.24) is 5.32 Å². The summed E-state index contributed by atoms with van der Waals surface area (Å²) < 4.78 is 13.3. The molecule has 0 aliphatic rings. The van der Waals surface area contributed by atoms with Gasteiger partial charge < -0.3 is 10.4 Å². The number of phenolic OH excluding ortho intramolecular Hbond substituents is 1. The molecule has 0 radical (unpaired) electrons. The summed E-state index contributed by atoms with van der Waals surface area (Å²) in [6.07, 6.45) is 0. The van der Waals surface area contributed by atoms with E-state index >= 15 is 0 Å². The fraction of sp³-hybridized carbons (Fsp3) is 0.294. The predicted octanol–water partition coefficient (Wildman–Crippen LogP) is 4.00. The summed E-state index contributed by atoms with van der Waals surface area (Å²) in [4.78, 5) is 0. The van der Waals surface area contributed by atoms with Gasteiger partial charge in [0.25, 0.3) is 0 Å². The van der Waals surface area contributed by atoms with Crippen LogP contribution in [0.25, 0.3) is 0 Å². The maximum Gasteiger partial charge on any atom is 0.165 e. The van der Waals surface area contributed by atoms with Crippen LogP contribution in [0.2, 0.25) is 0 Å². The molecule has 3 heteroatoms. The molecule has 0 saturated heterocycles. The molecule has 20 heavy (non-hydrogen) atoms. The van der Waals surface area contributed by atoms with E-state index in [1.165, 1.54) is 28.8 Å². The Morgan fingerprint density at radius 2 is 1.90 bits per heavy atom. The first-order chi connectivity index (χ1) is 9.47. The van der Waals surface area contributed by atoms with E-state index in [1.807, 2.05) is 0 Å². The summed E-state index contributed by atoms with van der Waals surface area (Å²) in [6.45, 7) is 6.83. The Labute approximate surface area is 119 Å². The van der Waals surface area contributed by atoms with E-state index in [4.69, 9.17) is 5.11 Å². The van der Waals surface area contributed by atoms with Crippen molar-refractivity contribution in [2.45, 2.75) is 33.4 Å². The normalized spacial score (nSPS) is 12.4. The lowest BCUT2D eigenvalue weighted by Crippen LogP contribution is -2.19. The molecule has 1 atom stereocenters. The lowest BCUT2D eigenvalue weighted by atomic mass is 10.00. The van der Waals surface area contributed by atoms with Crippen LogP contribution in [0, 0.1) is 19.7 Å². The zero-order chi connectivity index (χ0) is 14.7. The van der Waals surface area contributed by atoms with Crippen molar-refractivity contribution in [2.24, 2.45) is 0 Å². The molecule has 0 aromatic heterocycles. The lowest BCUT2D eigenvalue weighted by Gasteiger charge is -2.17. The van der Waals surface area contributed by atoms with Gasteiger partial charge in [0.2, 0.25) is 0 Å². The highest BCUT2D eigenvalue weighted by atomic mass is 19.1. The molecule has 106 valence electrons. The van der Waals surface area contributed by atoms with Crippen molar-refractivity contribution in [3.63, 3.8) is 0 Å². The number of rotatable bonds is 4. The predicted molar refractivity (Wildman–Crippen MR) is 79.2 cm³/mol.